The van der Waals surface area contributed by atoms with Crippen LogP contribution in [-0.2, 0) is 6.42 Å². The maximum atomic E-state index is 9.88. The molecule has 2 saturated carbocycles. The average Bonchev–Trinajstić information content (AvgIpc) is 3.10. The molecule has 0 bridgehead atoms. The minimum atomic E-state index is -0.288. The lowest BCUT2D eigenvalue weighted by molar-refractivity contribution is 0.140. The van der Waals surface area contributed by atoms with Crippen molar-refractivity contribution in [3.8, 4) is 0 Å². The molecule has 3 rings (SSSR count). The molecule has 2 aliphatic carbocycles. The first-order chi connectivity index (χ1) is 8.72. The van der Waals surface area contributed by atoms with E-state index in [9.17, 15) is 5.11 Å². The summed E-state index contributed by atoms with van der Waals surface area (Å²) >= 11 is 0. The third-order valence-electron chi connectivity index (χ3n) is 4.34. The minimum absolute atomic E-state index is 0.288. The van der Waals surface area contributed by atoms with Gasteiger partial charge in [-0.05, 0) is 37.5 Å². The fourth-order valence-electron chi connectivity index (χ4n) is 3.01. The Morgan fingerprint density at radius 1 is 1.33 bits per heavy atom. The molecular weight excluding hydrogens is 228 g/mol. The molecule has 4 heteroatoms. The van der Waals surface area contributed by atoms with Crippen LogP contribution < -0.4 is 0 Å². The van der Waals surface area contributed by atoms with Crippen molar-refractivity contribution in [2.45, 2.75) is 63.9 Å². The highest BCUT2D eigenvalue weighted by molar-refractivity contribution is 4.99. The number of nitrogens with zero attached hydrogens (tertiary/aromatic N) is 2. The number of rotatable bonds is 4. The maximum absolute atomic E-state index is 9.88. The van der Waals surface area contributed by atoms with Crippen molar-refractivity contribution in [2.24, 2.45) is 11.8 Å². The van der Waals surface area contributed by atoms with Crippen LogP contribution in [-0.4, -0.2) is 21.4 Å². The van der Waals surface area contributed by atoms with Crippen molar-refractivity contribution >= 4 is 0 Å². The first-order valence-electron chi connectivity index (χ1n) is 7.23. The molecule has 18 heavy (non-hydrogen) atoms. The van der Waals surface area contributed by atoms with E-state index < -0.39 is 0 Å². The van der Waals surface area contributed by atoms with Crippen LogP contribution in [0.5, 0.6) is 0 Å². The zero-order chi connectivity index (χ0) is 12.5. The van der Waals surface area contributed by atoms with E-state index in [1.807, 2.05) is 0 Å². The Hall–Kier alpha value is -0.900. The number of aliphatic hydroxyl groups is 1. The molecule has 1 aromatic heterocycles. The summed E-state index contributed by atoms with van der Waals surface area (Å²) < 4.78 is 5.28. The van der Waals surface area contributed by atoms with E-state index in [2.05, 4.69) is 17.1 Å². The lowest BCUT2D eigenvalue weighted by atomic mass is 9.82. The monoisotopic (exact) mass is 250 g/mol. The van der Waals surface area contributed by atoms with Crippen LogP contribution in [0.3, 0.4) is 0 Å². The quantitative estimate of drug-likeness (QED) is 0.892. The molecule has 3 atom stereocenters. The van der Waals surface area contributed by atoms with Gasteiger partial charge in [0.1, 0.15) is 0 Å². The Kier molecular flexibility index (Phi) is 3.37. The molecule has 3 unspecified atom stereocenters. The first kappa shape index (κ1) is 12.2. The third kappa shape index (κ3) is 2.74. The lowest BCUT2D eigenvalue weighted by Gasteiger charge is -2.23. The largest absolute Gasteiger partial charge is 0.392 e. The summed E-state index contributed by atoms with van der Waals surface area (Å²) in [5.41, 5.74) is 0. The third-order valence-corrected chi connectivity index (χ3v) is 4.34. The molecular formula is C14H22N2O2. The smallest absolute Gasteiger partial charge is 0.229 e. The normalized spacial score (nSPS) is 30.3. The van der Waals surface area contributed by atoms with Crippen molar-refractivity contribution in [1.29, 1.82) is 0 Å². The van der Waals surface area contributed by atoms with Crippen LogP contribution in [0.2, 0.25) is 0 Å². The summed E-state index contributed by atoms with van der Waals surface area (Å²) in [4.78, 5) is 4.48. The number of hydrogen-bond donors (Lipinski definition) is 1. The van der Waals surface area contributed by atoms with Gasteiger partial charge in [0.05, 0.1) is 12.5 Å². The fraction of sp³-hybridized carbons (Fsp3) is 0.857. The molecule has 2 aliphatic rings. The van der Waals surface area contributed by atoms with E-state index in [1.54, 1.807) is 0 Å². The zero-order valence-corrected chi connectivity index (χ0v) is 11.0. The SMILES string of the molecule is CC1CCCC(c2noc(CC(O)C3CC3)n2)C1. The van der Waals surface area contributed by atoms with Crippen molar-refractivity contribution in [3.05, 3.63) is 11.7 Å². The van der Waals surface area contributed by atoms with Crippen LogP contribution in [0.4, 0.5) is 0 Å². The van der Waals surface area contributed by atoms with Crippen LogP contribution in [0, 0.1) is 11.8 Å². The van der Waals surface area contributed by atoms with E-state index in [-0.39, 0.29) is 6.10 Å². The van der Waals surface area contributed by atoms with Gasteiger partial charge in [-0.15, -0.1) is 0 Å². The van der Waals surface area contributed by atoms with Crippen molar-refractivity contribution in [2.75, 3.05) is 0 Å². The first-order valence-corrected chi connectivity index (χ1v) is 7.23. The summed E-state index contributed by atoms with van der Waals surface area (Å²) in [5.74, 6) is 3.17. The second-order valence-corrected chi connectivity index (χ2v) is 6.12. The second kappa shape index (κ2) is 5.00. The molecule has 4 nitrogen and oxygen atoms in total. The van der Waals surface area contributed by atoms with Gasteiger partial charge in [0.15, 0.2) is 5.82 Å². The van der Waals surface area contributed by atoms with E-state index in [0.29, 0.717) is 24.1 Å². The summed E-state index contributed by atoms with van der Waals surface area (Å²) in [6, 6.07) is 0. The minimum Gasteiger partial charge on any atom is -0.392 e. The van der Waals surface area contributed by atoms with Crippen LogP contribution in [0.25, 0.3) is 0 Å². The Balaban J connectivity index is 1.61. The van der Waals surface area contributed by atoms with Gasteiger partial charge in [0.25, 0.3) is 0 Å². The summed E-state index contributed by atoms with van der Waals surface area (Å²) in [5, 5.41) is 14.0. The molecule has 0 saturated heterocycles. The summed E-state index contributed by atoms with van der Waals surface area (Å²) in [6.45, 7) is 2.30. The predicted molar refractivity (Wildman–Crippen MR) is 67.1 cm³/mol. The Bertz CT molecular complexity index is 400. The van der Waals surface area contributed by atoms with Crippen molar-refractivity contribution in [1.82, 2.24) is 10.1 Å². The molecule has 0 aromatic carbocycles. The van der Waals surface area contributed by atoms with E-state index >= 15 is 0 Å². The predicted octanol–water partition coefficient (Wildman–Crippen LogP) is 2.68. The zero-order valence-electron chi connectivity index (χ0n) is 11.0. The van der Waals surface area contributed by atoms with Crippen LogP contribution in [0.15, 0.2) is 4.52 Å². The van der Waals surface area contributed by atoms with Crippen LogP contribution >= 0.6 is 0 Å². The molecule has 0 radical (unpaired) electrons. The average molecular weight is 250 g/mol. The summed E-state index contributed by atoms with van der Waals surface area (Å²) in [7, 11) is 0. The topological polar surface area (TPSA) is 59.2 Å². The summed E-state index contributed by atoms with van der Waals surface area (Å²) in [6.07, 6.45) is 7.45. The number of aromatic nitrogens is 2. The highest BCUT2D eigenvalue weighted by atomic mass is 16.5. The van der Waals surface area contributed by atoms with Gasteiger partial charge in [-0.3, -0.25) is 0 Å². The van der Waals surface area contributed by atoms with Gasteiger partial charge < -0.3 is 9.63 Å². The molecule has 0 spiro atoms. The molecule has 2 fully saturated rings. The molecule has 0 amide bonds. The second-order valence-electron chi connectivity index (χ2n) is 6.12. The Morgan fingerprint density at radius 3 is 2.89 bits per heavy atom. The molecule has 1 heterocycles. The molecule has 0 aliphatic heterocycles. The molecule has 1 N–H and O–H groups in total. The van der Waals surface area contributed by atoms with Crippen LogP contribution in [0.1, 0.15) is 63.1 Å². The lowest BCUT2D eigenvalue weighted by Crippen LogP contribution is -2.14. The molecule has 1 aromatic rings. The van der Waals surface area contributed by atoms with Gasteiger partial charge >= 0.3 is 0 Å². The van der Waals surface area contributed by atoms with Crippen molar-refractivity contribution in [3.63, 3.8) is 0 Å². The van der Waals surface area contributed by atoms with Gasteiger partial charge in [0, 0.05) is 5.92 Å². The van der Waals surface area contributed by atoms with Gasteiger partial charge in [-0.25, -0.2) is 0 Å². The van der Waals surface area contributed by atoms with Gasteiger partial charge in [-0.2, -0.15) is 4.98 Å². The van der Waals surface area contributed by atoms with E-state index in [0.717, 1.165) is 24.6 Å². The van der Waals surface area contributed by atoms with E-state index in [1.165, 1.54) is 25.7 Å². The highest BCUT2D eigenvalue weighted by Gasteiger charge is 2.31. The number of aliphatic hydroxyl groups excluding tert-OH is 1. The van der Waals surface area contributed by atoms with Gasteiger partial charge in [0.2, 0.25) is 5.89 Å². The standard InChI is InChI=1S/C14H22N2O2/c1-9-3-2-4-11(7-9)14-15-13(18-16-14)8-12(17)10-5-6-10/h9-12,17H,2-8H2,1H3. The molecule has 100 valence electrons. The Morgan fingerprint density at radius 2 is 2.17 bits per heavy atom. The van der Waals surface area contributed by atoms with Gasteiger partial charge in [-0.1, -0.05) is 24.9 Å². The Labute approximate surface area is 108 Å². The number of hydrogen-bond acceptors (Lipinski definition) is 4. The fourth-order valence-corrected chi connectivity index (χ4v) is 3.01. The van der Waals surface area contributed by atoms with Crippen molar-refractivity contribution < 1.29 is 9.63 Å². The highest BCUT2D eigenvalue weighted by Crippen LogP contribution is 2.36. The van der Waals surface area contributed by atoms with E-state index in [4.69, 9.17) is 4.52 Å². The maximum Gasteiger partial charge on any atom is 0.229 e.